The third kappa shape index (κ3) is 2.78. The molecule has 2 heterocycles. The van der Waals surface area contributed by atoms with Gasteiger partial charge in [0.05, 0.1) is 12.7 Å². The number of furan rings is 1. The number of ether oxygens (including phenoxy) is 1. The lowest BCUT2D eigenvalue weighted by Gasteiger charge is -1.93. The molecule has 0 aromatic carbocycles. The summed E-state index contributed by atoms with van der Waals surface area (Å²) in [6.45, 7) is 3.53. The zero-order valence-corrected chi connectivity index (χ0v) is 12.1. The first-order chi connectivity index (χ1) is 9.55. The van der Waals surface area contributed by atoms with E-state index < -0.39 is 5.97 Å². The number of nitrogens with zero attached hydrogens (tertiary/aromatic N) is 2. The van der Waals surface area contributed by atoms with E-state index in [1.54, 1.807) is 19.1 Å². The van der Waals surface area contributed by atoms with Crippen molar-refractivity contribution in [2.24, 2.45) is 0 Å². The van der Waals surface area contributed by atoms with E-state index in [0.29, 0.717) is 27.7 Å². The molecule has 0 saturated heterocycles. The van der Waals surface area contributed by atoms with Gasteiger partial charge >= 0.3 is 5.97 Å². The summed E-state index contributed by atoms with van der Waals surface area (Å²) in [7, 11) is 1.31. The Morgan fingerprint density at radius 3 is 2.85 bits per heavy atom. The summed E-state index contributed by atoms with van der Waals surface area (Å²) in [4.78, 5) is 15.8. The first kappa shape index (κ1) is 14.0. The number of carbonyl (C=O) groups excluding carboxylic acids is 1. The van der Waals surface area contributed by atoms with Crippen LogP contribution in [0.2, 0.25) is 0 Å². The maximum atomic E-state index is 11.5. The summed E-state index contributed by atoms with van der Waals surface area (Å²) >= 11 is 1.39. The lowest BCUT2D eigenvalue weighted by molar-refractivity contribution is 0.0599. The molecule has 0 spiro atoms. The van der Waals surface area contributed by atoms with Crippen molar-refractivity contribution in [1.82, 2.24) is 4.98 Å². The fourth-order valence-corrected chi connectivity index (χ4v) is 2.41. The molecule has 0 amide bonds. The lowest BCUT2D eigenvalue weighted by atomic mass is 10.2. The van der Waals surface area contributed by atoms with Gasteiger partial charge < -0.3 is 9.15 Å². The second-order valence-electron chi connectivity index (χ2n) is 4.07. The Morgan fingerprint density at radius 1 is 1.55 bits per heavy atom. The summed E-state index contributed by atoms with van der Waals surface area (Å²) in [5.41, 5.74) is 1.61. The van der Waals surface area contributed by atoms with Crippen molar-refractivity contribution in [1.29, 1.82) is 5.26 Å². The molecule has 102 valence electrons. The molecule has 0 N–H and O–H groups in total. The van der Waals surface area contributed by atoms with Gasteiger partial charge in [0, 0.05) is 17.2 Å². The normalized spacial score (nSPS) is 11.2. The predicted octanol–water partition coefficient (Wildman–Crippen LogP) is 3.20. The topological polar surface area (TPSA) is 76.1 Å². The highest BCUT2D eigenvalue weighted by atomic mass is 32.1. The maximum Gasteiger partial charge on any atom is 0.341 e. The summed E-state index contributed by atoms with van der Waals surface area (Å²) in [5.74, 6) is 0.414. The molecule has 0 saturated carbocycles. The van der Waals surface area contributed by atoms with Crippen LogP contribution < -0.4 is 0 Å². The molecule has 2 aromatic heterocycles. The highest BCUT2D eigenvalue weighted by molar-refractivity contribution is 7.11. The zero-order chi connectivity index (χ0) is 14.7. The van der Waals surface area contributed by atoms with Crippen molar-refractivity contribution in [3.63, 3.8) is 0 Å². The van der Waals surface area contributed by atoms with Crippen molar-refractivity contribution < 1.29 is 13.9 Å². The van der Waals surface area contributed by atoms with Crippen LogP contribution in [0.4, 0.5) is 0 Å². The minimum absolute atomic E-state index is 0.353. The van der Waals surface area contributed by atoms with Crippen LogP contribution >= 0.6 is 11.3 Å². The summed E-state index contributed by atoms with van der Waals surface area (Å²) < 4.78 is 10.1. The van der Waals surface area contributed by atoms with Crippen LogP contribution in [0.3, 0.4) is 0 Å². The van der Waals surface area contributed by atoms with Gasteiger partial charge in [-0.3, -0.25) is 0 Å². The van der Waals surface area contributed by atoms with Gasteiger partial charge in [0.2, 0.25) is 0 Å². The lowest BCUT2D eigenvalue weighted by Crippen LogP contribution is -2.00. The minimum Gasteiger partial charge on any atom is -0.465 e. The summed E-state index contributed by atoms with van der Waals surface area (Å²) in [5, 5.41) is 11.7. The number of allylic oxidation sites excluding steroid dienone is 1. The van der Waals surface area contributed by atoms with E-state index in [4.69, 9.17) is 4.42 Å². The van der Waals surface area contributed by atoms with Crippen molar-refractivity contribution in [2.75, 3.05) is 7.11 Å². The highest BCUT2D eigenvalue weighted by Crippen LogP contribution is 2.24. The van der Waals surface area contributed by atoms with Gasteiger partial charge in [0.1, 0.15) is 28.2 Å². The van der Waals surface area contributed by atoms with E-state index in [9.17, 15) is 10.1 Å². The Labute approximate surface area is 120 Å². The number of carbonyl (C=O) groups is 1. The maximum absolute atomic E-state index is 11.5. The smallest absolute Gasteiger partial charge is 0.341 e. The molecule has 20 heavy (non-hydrogen) atoms. The number of hydrogen-bond donors (Lipinski definition) is 0. The van der Waals surface area contributed by atoms with E-state index >= 15 is 0 Å². The second kappa shape index (κ2) is 5.72. The molecule has 2 aromatic rings. The third-order valence-electron chi connectivity index (χ3n) is 2.60. The number of esters is 1. The molecule has 0 bridgehead atoms. The molecule has 0 radical (unpaired) electrons. The largest absolute Gasteiger partial charge is 0.465 e. The molecule has 0 aliphatic heterocycles. The van der Waals surface area contributed by atoms with Gasteiger partial charge in [-0.1, -0.05) is 0 Å². The molecule has 2 rings (SSSR count). The van der Waals surface area contributed by atoms with Gasteiger partial charge in [-0.2, -0.15) is 5.26 Å². The van der Waals surface area contributed by atoms with Crippen LogP contribution in [0.25, 0.3) is 11.6 Å². The second-order valence-corrected chi connectivity index (χ2v) is 4.93. The van der Waals surface area contributed by atoms with Gasteiger partial charge in [-0.05, 0) is 19.9 Å². The van der Waals surface area contributed by atoms with Crippen LogP contribution in [-0.2, 0) is 4.74 Å². The van der Waals surface area contributed by atoms with Crippen molar-refractivity contribution in [3.8, 4) is 6.07 Å². The van der Waals surface area contributed by atoms with E-state index in [-0.39, 0.29) is 0 Å². The average molecular weight is 288 g/mol. The van der Waals surface area contributed by atoms with Crippen molar-refractivity contribution in [2.45, 2.75) is 13.8 Å². The minimum atomic E-state index is -0.463. The number of nitriles is 1. The zero-order valence-electron chi connectivity index (χ0n) is 11.3. The molecule has 6 heteroatoms. The first-order valence-electron chi connectivity index (χ1n) is 5.78. The molecule has 0 atom stereocenters. The van der Waals surface area contributed by atoms with Crippen LogP contribution in [0.1, 0.15) is 32.6 Å². The standard InChI is InChI=1S/C14H12N2O3S/c1-8-7-20-13(16-8)10(6-15)4-11-5-12(9(2)19-11)14(17)18-3/h4-5,7H,1-3H3. The van der Waals surface area contributed by atoms with Gasteiger partial charge in [-0.15, -0.1) is 11.3 Å². The fraction of sp³-hybridized carbons (Fsp3) is 0.214. The molecular formula is C14H12N2O3S. The molecule has 0 aliphatic rings. The Balaban J connectivity index is 2.39. The summed E-state index contributed by atoms with van der Waals surface area (Å²) in [6, 6.07) is 3.64. The van der Waals surface area contributed by atoms with E-state index in [1.807, 2.05) is 12.3 Å². The quantitative estimate of drug-likeness (QED) is 0.640. The Morgan fingerprint density at radius 2 is 2.30 bits per heavy atom. The predicted molar refractivity (Wildman–Crippen MR) is 75.1 cm³/mol. The van der Waals surface area contributed by atoms with Crippen LogP contribution in [0.5, 0.6) is 0 Å². The number of aromatic nitrogens is 1. The van der Waals surface area contributed by atoms with Crippen LogP contribution in [-0.4, -0.2) is 18.1 Å². The molecule has 0 unspecified atom stereocenters. The Hall–Kier alpha value is -2.39. The number of hydrogen-bond acceptors (Lipinski definition) is 6. The Bertz CT molecular complexity index is 719. The number of thiazole rings is 1. The molecule has 5 nitrogen and oxygen atoms in total. The Kier molecular flexibility index (Phi) is 4.01. The van der Waals surface area contributed by atoms with E-state index in [0.717, 1.165) is 5.69 Å². The third-order valence-corrected chi connectivity index (χ3v) is 3.59. The van der Waals surface area contributed by atoms with Gasteiger partial charge in [0.15, 0.2) is 0 Å². The molecular weight excluding hydrogens is 276 g/mol. The molecule has 0 aliphatic carbocycles. The van der Waals surface area contributed by atoms with Crippen molar-refractivity contribution >= 4 is 29.0 Å². The summed E-state index contributed by atoms with van der Waals surface area (Å²) in [6.07, 6.45) is 1.57. The highest BCUT2D eigenvalue weighted by Gasteiger charge is 2.15. The number of methoxy groups -OCH3 is 1. The number of rotatable bonds is 3. The SMILES string of the molecule is COC(=O)c1cc(C=C(C#N)c2nc(C)cs2)oc1C. The van der Waals surface area contributed by atoms with E-state index in [2.05, 4.69) is 15.8 Å². The van der Waals surface area contributed by atoms with Gasteiger partial charge in [-0.25, -0.2) is 9.78 Å². The van der Waals surface area contributed by atoms with Crippen LogP contribution in [0.15, 0.2) is 15.9 Å². The average Bonchev–Trinajstić information content (AvgIpc) is 3.01. The van der Waals surface area contributed by atoms with Gasteiger partial charge in [0.25, 0.3) is 0 Å². The number of aryl methyl sites for hydroxylation is 2. The van der Waals surface area contributed by atoms with Crippen molar-refractivity contribution in [3.05, 3.63) is 39.2 Å². The van der Waals surface area contributed by atoms with Crippen LogP contribution in [0, 0.1) is 25.2 Å². The fourth-order valence-electron chi connectivity index (χ4n) is 1.65. The monoisotopic (exact) mass is 288 g/mol. The molecule has 0 fully saturated rings. The first-order valence-corrected chi connectivity index (χ1v) is 6.66. The van der Waals surface area contributed by atoms with E-state index in [1.165, 1.54) is 18.4 Å².